The van der Waals surface area contributed by atoms with Gasteiger partial charge in [-0.25, -0.2) is 4.98 Å². The molecular weight excluding hydrogens is 336 g/mol. The molecule has 0 radical (unpaired) electrons. The summed E-state index contributed by atoms with van der Waals surface area (Å²) < 4.78 is 2.22. The Morgan fingerprint density at radius 3 is 2.86 bits per heavy atom. The number of halogens is 1. The molecule has 0 aliphatic carbocycles. The number of aromatic nitrogens is 2. The molecule has 0 atom stereocenters. The van der Waals surface area contributed by atoms with Gasteiger partial charge in [0.2, 0.25) is 5.91 Å². The summed E-state index contributed by atoms with van der Waals surface area (Å²) in [6.07, 6.45) is 2.83. The van der Waals surface area contributed by atoms with Gasteiger partial charge in [0.25, 0.3) is 5.56 Å². The van der Waals surface area contributed by atoms with Gasteiger partial charge < -0.3 is 15.2 Å². The Morgan fingerprint density at radius 1 is 1.43 bits per heavy atom. The van der Waals surface area contributed by atoms with Crippen molar-refractivity contribution < 1.29 is 4.79 Å². The molecular formula is C14H13BrN4O2. The molecule has 2 rings (SSSR count). The van der Waals surface area contributed by atoms with E-state index in [1.807, 2.05) is 0 Å². The lowest BCUT2D eigenvalue weighted by Crippen LogP contribution is -2.19. The summed E-state index contributed by atoms with van der Waals surface area (Å²) in [4.78, 5) is 27.5. The van der Waals surface area contributed by atoms with Crippen LogP contribution in [0.2, 0.25) is 0 Å². The molecule has 2 heterocycles. The monoisotopic (exact) mass is 348 g/mol. The Kier molecular flexibility index (Phi) is 4.54. The maximum Gasteiger partial charge on any atom is 0.274 e. The molecule has 2 aromatic rings. The van der Waals surface area contributed by atoms with Crippen LogP contribution in [0.1, 0.15) is 0 Å². The minimum atomic E-state index is -0.349. The number of carbonyl (C=O) groups excluding carboxylic acids is 1. The van der Waals surface area contributed by atoms with Gasteiger partial charge in [0.15, 0.2) is 0 Å². The fraction of sp³-hybridized carbons (Fsp3) is 0.0714. The largest absolute Gasteiger partial charge is 0.336 e. The summed E-state index contributed by atoms with van der Waals surface area (Å²) in [6, 6.07) is 6.73. The van der Waals surface area contributed by atoms with Crippen molar-refractivity contribution in [2.75, 3.05) is 10.6 Å². The molecule has 6 nitrogen and oxygen atoms in total. The second-order valence-corrected chi connectivity index (χ2v) is 5.13. The van der Waals surface area contributed by atoms with Gasteiger partial charge >= 0.3 is 0 Å². The summed E-state index contributed by atoms with van der Waals surface area (Å²) in [7, 11) is 1.66. The normalized spacial score (nSPS) is 10.0. The van der Waals surface area contributed by atoms with E-state index in [9.17, 15) is 9.59 Å². The van der Waals surface area contributed by atoms with Crippen molar-refractivity contribution in [1.29, 1.82) is 0 Å². The first-order valence-corrected chi connectivity index (χ1v) is 6.82. The number of amides is 1. The highest BCUT2D eigenvalue weighted by Crippen LogP contribution is 2.17. The number of pyridine rings is 2. The van der Waals surface area contributed by atoms with Crippen LogP contribution in [0.5, 0.6) is 0 Å². The Bertz CT molecular complexity index is 755. The van der Waals surface area contributed by atoms with Crippen LogP contribution in [-0.2, 0) is 11.8 Å². The molecule has 0 aromatic carbocycles. The summed E-state index contributed by atoms with van der Waals surface area (Å²) in [5, 5.41) is 5.49. The van der Waals surface area contributed by atoms with Crippen molar-refractivity contribution in [3.8, 4) is 0 Å². The van der Waals surface area contributed by atoms with Gasteiger partial charge in [0, 0.05) is 17.7 Å². The summed E-state index contributed by atoms with van der Waals surface area (Å²) >= 11 is 3.33. The Balaban J connectivity index is 2.28. The van der Waals surface area contributed by atoms with Crippen molar-refractivity contribution >= 4 is 39.2 Å². The van der Waals surface area contributed by atoms with Crippen molar-refractivity contribution in [2.45, 2.75) is 0 Å². The zero-order valence-corrected chi connectivity index (χ0v) is 12.8. The van der Waals surface area contributed by atoms with Crippen molar-refractivity contribution in [3.05, 3.63) is 57.9 Å². The van der Waals surface area contributed by atoms with Crippen LogP contribution in [0.3, 0.4) is 0 Å². The SMILES string of the molecule is C=CC(=O)Nc1cccc(Nc2cc(Br)cn(C)c2=O)n1. The number of nitrogens with zero attached hydrogens (tertiary/aromatic N) is 2. The molecule has 108 valence electrons. The summed E-state index contributed by atoms with van der Waals surface area (Å²) in [5.41, 5.74) is 0.201. The molecule has 0 aliphatic rings. The van der Waals surface area contributed by atoms with E-state index < -0.39 is 0 Å². The number of hydrogen-bond donors (Lipinski definition) is 2. The van der Waals surface area contributed by atoms with Gasteiger partial charge in [0.05, 0.1) is 0 Å². The number of anilines is 3. The van der Waals surface area contributed by atoms with Gasteiger partial charge in [0.1, 0.15) is 17.3 Å². The molecule has 1 amide bonds. The zero-order valence-electron chi connectivity index (χ0n) is 11.3. The lowest BCUT2D eigenvalue weighted by atomic mass is 10.3. The van der Waals surface area contributed by atoms with E-state index in [2.05, 4.69) is 38.1 Å². The van der Waals surface area contributed by atoms with Crippen LogP contribution in [0.15, 0.2) is 52.4 Å². The smallest absolute Gasteiger partial charge is 0.274 e. The van der Waals surface area contributed by atoms with Crippen LogP contribution < -0.4 is 16.2 Å². The number of rotatable bonds is 4. The van der Waals surface area contributed by atoms with Crippen LogP contribution in [0, 0.1) is 0 Å². The van der Waals surface area contributed by atoms with Gasteiger partial charge in [-0.1, -0.05) is 12.6 Å². The van der Waals surface area contributed by atoms with E-state index in [4.69, 9.17) is 0 Å². The van der Waals surface area contributed by atoms with Gasteiger partial charge in [-0.3, -0.25) is 9.59 Å². The number of nitrogens with one attached hydrogen (secondary N) is 2. The maximum atomic E-state index is 12.0. The lowest BCUT2D eigenvalue weighted by Gasteiger charge is -2.09. The minimum Gasteiger partial charge on any atom is -0.336 e. The first kappa shape index (κ1) is 15.0. The fourth-order valence-corrected chi connectivity index (χ4v) is 2.19. The van der Waals surface area contributed by atoms with E-state index >= 15 is 0 Å². The molecule has 0 fully saturated rings. The number of hydrogen-bond acceptors (Lipinski definition) is 4. The second kappa shape index (κ2) is 6.36. The van der Waals surface area contributed by atoms with Crippen molar-refractivity contribution in [1.82, 2.24) is 9.55 Å². The molecule has 0 bridgehead atoms. The average Bonchev–Trinajstić information content (AvgIpc) is 2.44. The third kappa shape index (κ3) is 3.79. The quantitative estimate of drug-likeness (QED) is 0.832. The van der Waals surface area contributed by atoms with E-state index in [1.165, 1.54) is 4.57 Å². The molecule has 0 saturated carbocycles. The standard InChI is InChI=1S/C14H13BrN4O2/c1-3-13(20)18-12-6-4-5-11(17-12)16-10-7-9(15)8-19(2)14(10)21/h3-8H,1H2,2H3,(H2,16,17,18,20). The van der Waals surface area contributed by atoms with Crippen LogP contribution in [-0.4, -0.2) is 15.5 Å². The molecule has 0 aliphatic heterocycles. The predicted octanol–water partition coefficient (Wildman–Crippen LogP) is 2.41. The van der Waals surface area contributed by atoms with Gasteiger partial charge in [-0.2, -0.15) is 0 Å². The minimum absolute atomic E-state index is 0.180. The Labute approximate surface area is 129 Å². The highest BCUT2D eigenvalue weighted by molar-refractivity contribution is 9.10. The molecule has 7 heteroatoms. The third-order valence-electron chi connectivity index (χ3n) is 2.60. The van der Waals surface area contributed by atoms with E-state index in [-0.39, 0.29) is 11.5 Å². The van der Waals surface area contributed by atoms with E-state index in [0.717, 1.165) is 10.5 Å². The molecule has 0 saturated heterocycles. The Hall–Kier alpha value is -2.41. The first-order chi connectivity index (χ1) is 9.99. The first-order valence-electron chi connectivity index (χ1n) is 6.03. The average molecular weight is 349 g/mol. The molecule has 2 aromatic heterocycles. The highest BCUT2D eigenvalue weighted by atomic mass is 79.9. The molecule has 0 unspecified atom stereocenters. The molecule has 2 N–H and O–H groups in total. The van der Waals surface area contributed by atoms with Crippen molar-refractivity contribution in [2.24, 2.45) is 7.05 Å². The van der Waals surface area contributed by atoms with Crippen LogP contribution >= 0.6 is 15.9 Å². The second-order valence-electron chi connectivity index (χ2n) is 4.21. The van der Waals surface area contributed by atoms with Gasteiger partial charge in [-0.05, 0) is 40.2 Å². The summed E-state index contributed by atoms with van der Waals surface area (Å²) in [6.45, 7) is 3.37. The maximum absolute atomic E-state index is 12.0. The topological polar surface area (TPSA) is 76.0 Å². The highest BCUT2D eigenvalue weighted by Gasteiger charge is 2.06. The summed E-state index contributed by atoms with van der Waals surface area (Å²) in [5.74, 6) is 0.474. The molecule has 21 heavy (non-hydrogen) atoms. The van der Waals surface area contributed by atoms with Crippen LogP contribution in [0.4, 0.5) is 17.3 Å². The third-order valence-corrected chi connectivity index (χ3v) is 3.03. The Morgan fingerprint density at radius 2 is 2.14 bits per heavy atom. The van der Waals surface area contributed by atoms with Crippen molar-refractivity contribution in [3.63, 3.8) is 0 Å². The fourth-order valence-electron chi connectivity index (χ4n) is 1.65. The number of carbonyl (C=O) groups is 1. The van der Waals surface area contributed by atoms with E-state index in [1.54, 1.807) is 37.5 Å². The predicted molar refractivity (Wildman–Crippen MR) is 85.7 cm³/mol. The zero-order chi connectivity index (χ0) is 15.4. The van der Waals surface area contributed by atoms with Gasteiger partial charge in [-0.15, -0.1) is 0 Å². The van der Waals surface area contributed by atoms with Crippen LogP contribution in [0.25, 0.3) is 0 Å². The number of aryl methyl sites for hydroxylation is 1. The lowest BCUT2D eigenvalue weighted by molar-refractivity contribution is -0.111. The molecule has 0 spiro atoms. The van der Waals surface area contributed by atoms with E-state index in [0.29, 0.717) is 17.3 Å².